The minimum absolute atomic E-state index is 0.0533. The van der Waals surface area contributed by atoms with Gasteiger partial charge in [0.25, 0.3) is 0 Å². The summed E-state index contributed by atoms with van der Waals surface area (Å²) in [4.78, 5) is 10.8. The Morgan fingerprint density at radius 2 is 1.86 bits per heavy atom. The van der Waals surface area contributed by atoms with Crippen molar-refractivity contribution in [3.05, 3.63) is 29.8 Å². The van der Waals surface area contributed by atoms with Gasteiger partial charge >= 0.3 is 5.97 Å². The van der Waals surface area contributed by atoms with Gasteiger partial charge in [0.05, 0.1) is 11.3 Å². The van der Waals surface area contributed by atoms with Crippen molar-refractivity contribution in [3.63, 3.8) is 0 Å². The molecule has 6 nitrogen and oxygen atoms in total. The largest absolute Gasteiger partial charge is 0.481 e. The molecule has 1 saturated heterocycles. The second-order valence-corrected chi connectivity index (χ2v) is 7.08. The normalized spacial score (nSPS) is 17.0. The van der Waals surface area contributed by atoms with Crippen molar-refractivity contribution in [2.75, 3.05) is 20.3 Å². The van der Waals surface area contributed by atoms with E-state index in [1.165, 1.54) is 16.4 Å². The van der Waals surface area contributed by atoms with Crippen LogP contribution in [0.4, 0.5) is 0 Å². The molecule has 1 N–H and O–H groups in total. The number of ether oxygens (including phenoxy) is 1. The first-order valence-corrected chi connectivity index (χ1v) is 8.22. The zero-order valence-corrected chi connectivity index (χ0v) is 12.7. The zero-order chi connectivity index (χ0) is 15.5. The topological polar surface area (TPSA) is 83.9 Å². The molecule has 0 spiro atoms. The third-order valence-corrected chi connectivity index (χ3v) is 5.59. The van der Waals surface area contributed by atoms with Crippen LogP contribution >= 0.6 is 0 Å². The number of carbonyl (C=O) groups is 1. The molecule has 0 radical (unpaired) electrons. The van der Waals surface area contributed by atoms with Crippen LogP contribution in [-0.4, -0.2) is 50.1 Å². The Balaban J connectivity index is 2.16. The van der Waals surface area contributed by atoms with Crippen molar-refractivity contribution in [2.24, 2.45) is 0 Å². The summed E-state index contributed by atoms with van der Waals surface area (Å²) in [6.45, 7) is 1.14. The molecule has 0 unspecified atom stereocenters. The summed E-state index contributed by atoms with van der Waals surface area (Å²) in [5, 5.41) is 8.72. The molecule has 1 aliphatic heterocycles. The van der Waals surface area contributed by atoms with Crippen molar-refractivity contribution < 1.29 is 23.1 Å². The van der Waals surface area contributed by atoms with Crippen LogP contribution in [-0.2, 0) is 26.0 Å². The van der Waals surface area contributed by atoms with Gasteiger partial charge in [-0.25, -0.2) is 8.42 Å². The van der Waals surface area contributed by atoms with Gasteiger partial charge in [0.1, 0.15) is 0 Å². The van der Waals surface area contributed by atoms with Crippen LogP contribution in [0.3, 0.4) is 0 Å². The van der Waals surface area contributed by atoms with Crippen LogP contribution < -0.4 is 0 Å². The lowest BCUT2D eigenvalue weighted by Crippen LogP contribution is -2.40. The first-order chi connectivity index (χ1) is 9.91. The van der Waals surface area contributed by atoms with Crippen LogP contribution in [0.5, 0.6) is 0 Å². The molecule has 1 aliphatic rings. The summed E-state index contributed by atoms with van der Waals surface area (Å²) < 4.78 is 31.7. The Hall–Kier alpha value is -1.44. The molecule has 0 aromatic heterocycles. The third-order valence-electron chi connectivity index (χ3n) is 3.66. The molecule has 1 aromatic carbocycles. The lowest BCUT2D eigenvalue weighted by atomic mass is 10.1. The SMILES string of the molecule is CN(C1CCOCC1)S(=O)(=O)c1ccc(CC(=O)O)cc1. The van der Waals surface area contributed by atoms with E-state index >= 15 is 0 Å². The molecule has 0 atom stereocenters. The summed E-state index contributed by atoms with van der Waals surface area (Å²) in [6.07, 6.45) is 1.26. The molecular weight excluding hydrogens is 294 g/mol. The Morgan fingerprint density at radius 3 is 2.38 bits per heavy atom. The molecule has 1 aromatic rings. The summed E-state index contributed by atoms with van der Waals surface area (Å²) in [6, 6.07) is 5.95. The van der Waals surface area contributed by atoms with Crippen LogP contribution in [0.15, 0.2) is 29.2 Å². The van der Waals surface area contributed by atoms with Gasteiger partial charge in [-0.05, 0) is 30.5 Å². The Bertz CT molecular complexity index is 590. The standard InChI is InChI=1S/C14H19NO5S/c1-15(12-6-8-20-9-7-12)21(18,19)13-4-2-11(3-5-13)10-14(16)17/h2-5,12H,6-10H2,1H3,(H,16,17). The number of rotatable bonds is 5. The highest BCUT2D eigenvalue weighted by Gasteiger charge is 2.29. The smallest absolute Gasteiger partial charge is 0.307 e. The summed E-state index contributed by atoms with van der Waals surface area (Å²) >= 11 is 0. The van der Waals surface area contributed by atoms with Gasteiger partial charge in [0.15, 0.2) is 0 Å². The maximum absolute atomic E-state index is 12.5. The van der Waals surface area contributed by atoms with Crippen molar-refractivity contribution in [1.82, 2.24) is 4.31 Å². The summed E-state index contributed by atoms with van der Waals surface area (Å²) in [5.74, 6) is -0.940. The quantitative estimate of drug-likeness (QED) is 0.880. The van der Waals surface area contributed by atoms with E-state index in [9.17, 15) is 13.2 Å². The van der Waals surface area contributed by atoms with E-state index in [0.717, 1.165) is 0 Å². The van der Waals surface area contributed by atoms with E-state index in [1.807, 2.05) is 0 Å². The van der Waals surface area contributed by atoms with Gasteiger partial charge in [-0.3, -0.25) is 4.79 Å². The number of hydrogen-bond acceptors (Lipinski definition) is 4. The number of hydrogen-bond donors (Lipinski definition) is 1. The number of carboxylic acids is 1. The van der Waals surface area contributed by atoms with Gasteiger partial charge in [0, 0.05) is 26.3 Å². The number of sulfonamides is 1. The van der Waals surface area contributed by atoms with E-state index in [-0.39, 0.29) is 17.4 Å². The van der Waals surface area contributed by atoms with Gasteiger partial charge in [-0.2, -0.15) is 4.31 Å². The minimum Gasteiger partial charge on any atom is -0.481 e. The first kappa shape index (κ1) is 15.9. The van der Waals surface area contributed by atoms with Crippen LogP contribution in [0, 0.1) is 0 Å². The maximum atomic E-state index is 12.5. The van der Waals surface area contributed by atoms with E-state index in [4.69, 9.17) is 9.84 Å². The molecule has 116 valence electrons. The lowest BCUT2D eigenvalue weighted by molar-refractivity contribution is -0.136. The van der Waals surface area contributed by atoms with E-state index in [1.54, 1.807) is 19.2 Å². The summed E-state index contributed by atoms with van der Waals surface area (Å²) in [5.41, 5.74) is 0.579. The average Bonchev–Trinajstić information content (AvgIpc) is 2.47. The highest BCUT2D eigenvalue weighted by Crippen LogP contribution is 2.22. The summed E-state index contributed by atoms with van der Waals surface area (Å²) in [7, 11) is -1.97. The Kier molecular flexibility index (Phi) is 4.97. The molecule has 1 heterocycles. The minimum atomic E-state index is -3.55. The van der Waals surface area contributed by atoms with Crippen LogP contribution in [0.25, 0.3) is 0 Å². The van der Waals surface area contributed by atoms with Crippen LogP contribution in [0.1, 0.15) is 18.4 Å². The zero-order valence-electron chi connectivity index (χ0n) is 11.9. The number of benzene rings is 1. The molecule has 0 saturated carbocycles. The second kappa shape index (κ2) is 6.55. The van der Waals surface area contributed by atoms with Crippen molar-refractivity contribution in [3.8, 4) is 0 Å². The molecule has 21 heavy (non-hydrogen) atoms. The van der Waals surface area contributed by atoms with Crippen LogP contribution in [0.2, 0.25) is 0 Å². The highest BCUT2D eigenvalue weighted by atomic mass is 32.2. The van der Waals surface area contributed by atoms with Gasteiger partial charge in [-0.1, -0.05) is 12.1 Å². The van der Waals surface area contributed by atoms with E-state index in [0.29, 0.717) is 31.6 Å². The fraction of sp³-hybridized carbons (Fsp3) is 0.500. The van der Waals surface area contributed by atoms with Crippen molar-refractivity contribution in [1.29, 1.82) is 0 Å². The van der Waals surface area contributed by atoms with Crippen molar-refractivity contribution in [2.45, 2.75) is 30.2 Å². The van der Waals surface area contributed by atoms with E-state index in [2.05, 4.69) is 0 Å². The fourth-order valence-electron chi connectivity index (χ4n) is 2.37. The molecule has 0 aliphatic carbocycles. The Labute approximate surface area is 124 Å². The predicted octanol–water partition coefficient (Wildman–Crippen LogP) is 1.11. The number of aliphatic carboxylic acids is 1. The van der Waals surface area contributed by atoms with Gasteiger partial charge in [0.2, 0.25) is 10.0 Å². The van der Waals surface area contributed by atoms with E-state index < -0.39 is 16.0 Å². The predicted molar refractivity (Wildman–Crippen MR) is 76.6 cm³/mol. The monoisotopic (exact) mass is 313 g/mol. The highest BCUT2D eigenvalue weighted by molar-refractivity contribution is 7.89. The van der Waals surface area contributed by atoms with Gasteiger partial charge in [-0.15, -0.1) is 0 Å². The first-order valence-electron chi connectivity index (χ1n) is 6.78. The van der Waals surface area contributed by atoms with Crippen molar-refractivity contribution >= 4 is 16.0 Å². The Morgan fingerprint density at radius 1 is 1.29 bits per heavy atom. The average molecular weight is 313 g/mol. The molecule has 7 heteroatoms. The number of carboxylic acid groups (broad SMARTS) is 1. The lowest BCUT2D eigenvalue weighted by Gasteiger charge is -2.30. The molecule has 0 bridgehead atoms. The molecule has 2 rings (SSSR count). The molecular formula is C14H19NO5S. The fourth-order valence-corrected chi connectivity index (χ4v) is 3.78. The molecule has 0 amide bonds. The maximum Gasteiger partial charge on any atom is 0.307 e. The number of nitrogens with zero attached hydrogens (tertiary/aromatic N) is 1. The second-order valence-electron chi connectivity index (χ2n) is 5.08. The van der Waals surface area contributed by atoms with Gasteiger partial charge < -0.3 is 9.84 Å². The molecule has 1 fully saturated rings. The third kappa shape index (κ3) is 3.81.